The SMILES string of the molecule is COCc1nnc(NCc2ccc(C(=O)O)cc2)o1. The Kier molecular flexibility index (Phi) is 4.09. The summed E-state index contributed by atoms with van der Waals surface area (Å²) in [5.74, 6) is -0.549. The van der Waals surface area contributed by atoms with Crippen LogP contribution < -0.4 is 5.32 Å². The van der Waals surface area contributed by atoms with Crippen molar-refractivity contribution in [3.05, 3.63) is 41.3 Å². The van der Waals surface area contributed by atoms with Gasteiger partial charge in [-0.3, -0.25) is 0 Å². The zero-order chi connectivity index (χ0) is 13.7. The average molecular weight is 263 g/mol. The van der Waals surface area contributed by atoms with E-state index in [1.54, 1.807) is 31.4 Å². The fourth-order valence-electron chi connectivity index (χ4n) is 1.45. The second kappa shape index (κ2) is 5.96. The molecule has 2 rings (SSSR count). The van der Waals surface area contributed by atoms with Crippen molar-refractivity contribution in [2.24, 2.45) is 0 Å². The van der Waals surface area contributed by atoms with Gasteiger partial charge in [-0.15, -0.1) is 5.10 Å². The van der Waals surface area contributed by atoms with Crippen molar-refractivity contribution in [1.29, 1.82) is 0 Å². The molecule has 0 radical (unpaired) electrons. The maximum absolute atomic E-state index is 10.7. The maximum Gasteiger partial charge on any atom is 0.335 e. The molecule has 0 fully saturated rings. The number of nitrogens with zero attached hydrogens (tertiary/aromatic N) is 2. The van der Waals surface area contributed by atoms with E-state index in [0.717, 1.165) is 5.56 Å². The van der Waals surface area contributed by atoms with Crippen LogP contribution in [0.25, 0.3) is 0 Å². The lowest BCUT2D eigenvalue weighted by Gasteiger charge is -2.02. The summed E-state index contributed by atoms with van der Waals surface area (Å²) in [6, 6.07) is 6.84. The van der Waals surface area contributed by atoms with E-state index >= 15 is 0 Å². The molecule has 0 amide bonds. The van der Waals surface area contributed by atoms with Gasteiger partial charge in [-0.05, 0) is 17.7 Å². The number of aromatic carboxylic acids is 1. The van der Waals surface area contributed by atoms with Gasteiger partial charge in [0, 0.05) is 13.7 Å². The summed E-state index contributed by atoms with van der Waals surface area (Å²) in [6.45, 7) is 0.733. The van der Waals surface area contributed by atoms with E-state index in [1.807, 2.05) is 0 Å². The molecule has 1 aromatic heterocycles. The number of ether oxygens (including phenoxy) is 1. The van der Waals surface area contributed by atoms with Crippen LogP contribution in [0.4, 0.5) is 6.01 Å². The van der Waals surface area contributed by atoms with Crippen molar-refractivity contribution in [1.82, 2.24) is 10.2 Å². The number of hydrogen-bond acceptors (Lipinski definition) is 6. The first-order chi connectivity index (χ1) is 9.19. The molecule has 0 aliphatic rings. The van der Waals surface area contributed by atoms with Gasteiger partial charge in [0.15, 0.2) is 0 Å². The Morgan fingerprint density at radius 3 is 2.74 bits per heavy atom. The minimum Gasteiger partial charge on any atom is -0.478 e. The van der Waals surface area contributed by atoms with Gasteiger partial charge in [-0.25, -0.2) is 4.79 Å². The van der Waals surface area contributed by atoms with Crippen LogP contribution in [0.2, 0.25) is 0 Å². The van der Waals surface area contributed by atoms with Crippen molar-refractivity contribution in [2.75, 3.05) is 12.4 Å². The van der Waals surface area contributed by atoms with Crippen molar-refractivity contribution in [3.63, 3.8) is 0 Å². The van der Waals surface area contributed by atoms with Crippen LogP contribution >= 0.6 is 0 Å². The molecule has 1 aromatic carbocycles. The van der Waals surface area contributed by atoms with Crippen LogP contribution in [-0.2, 0) is 17.9 Å². The summed E-state index contributed by atoms with van der Waals surface area (Å²) >= 11 is 0. The number of carboxylic acid groups (broad SMARTS) is 1. The third kappa shape index (κ3) is 3.52. The first-order valence-electron chi connectivity index (χ1n) is 5.56. The van der Waals surface area contributed by atoms with E-state index in [4.69, 9.17) is 14.3 Å². The van der Waals surface area contributed by atoms with Crippen molar-refractivity contribution >= 4 is 12.0 Å². The van der Waals surface area contributed by atoms with Crippen LogP contribution in [0.1, 0.15) is 21.8 Å². The Hall–Kier alpha value is -2.41. The second-order valence-electron chi connectivity index (χ2n) is 3.79. The van der Waals surface area contributed by atoms with Gasteiger partial charge in [0.05, 0.1) is 5.56 Å². The predicted octanol–water partition coefficient (Wildman–Crippen LogP) is 1.53. The zero-order valence-electron chi connectivity index (χ0n) is 10.3. The third-order valence-electron chi connectivity index (χ3n) is 2.38. The quantitative estimate of drug-likeness (QED) is 0.815. The minimum absolute atomic E-state index is 0.254. The first kappa shape index (κ1) is 13.0. The summed E-state index contributed by atoms with van der Waals surface area (Å²) in [5, 5.41) is 19.3. The molecule has 100 valence electrons. The number of aromatic nitrogens is 2. The van der Waals surface area contributed by atoms with Gasteiger partial charge in [-0.2, -0.15) is 0 Å². The second-order valence-corrected chi connectivity index (χ2v) is 3.79. The Morgan fingerprint density at radius 1 is 1.37 bits per heavy atom. The van der Waals surface area contributed by atoms with Gasteiger partial charge < -0.3 is 19.6 Å². The number of nitrogens with one attached hydrogen (secondary N) is 1. The molecule has 2 N–H and O–H groups in total. The number of hydrogen-bond donors (Lipinski definition) is 2. The molecule has 0 atom stereocenters. The zero-order valence-corrected chi connectivity index (χ0v) is 10.3. The molecule has 0 bridgehead atoms. The molecule has 0 unspecified atom stereocenters. The molecule has 0 saturated heterocycles. The van der Waals surface area contributed by atoms with E-state index in [9.17, 15) is 4.79 Å². The molecule has 0 aliphatic carbocycles. The normalized spacial score (nSPS) is 10.4. The van der Waals surface area contributed by atoms with Crippen molar-refractivity contribution < 1.29 is 19.1 Å². The molecule has 1 heterocycles. The molecule has 0 saturated carbocycles. The Bertz CT molecular complexity index is 550. The topological polar surface area (TPSA) is 97.5 Å². The van der Waals surface area contributed by atoms with Crippen molar-refractivity contribution in [3.8, 4) is 0 Å². The highest BCUT2D eigenvalue weighted by molar-refractivity contribution is 5.87. The van der Waals surface area contributed by atoms with Crippen LogP contribution in [-0.4, -0.2) is 28.4 Å². The largest absolute Gasteiger partial charge is 0.478 e. The minimum atomic E-state index is -0.944. The lowest BCUT2D eigenvalue weighted by molar-refractivity contribution is 0.0697. The molecular formula is C12H13N3O4. The van der Waals surface area contributed by atoms with Gasteiger partial charge in [0.2, 0.25) is 5.89 Å². The van der Waals surface area contributed by atoms with Gasteiger partial charge in [-0.1, -0.05) is 17.2 Å². The number of methoxy groups -OCH3 is 1. The van der Waals surface area contributed by atoms with E-state index in [2.05, 4.69) is 15.5 Å². The molecule has 0 aliphatic heterocycles. The smallest absolute Gasteiger partial charge is 0.335 e. The number of benzene rings is 1. The molecular weight excluding hydrogens is 250 g/mol. The summed E-state index contributed by atoms with van der Waals surface area (Å²) in [6.07, 6.45) is 0. The highest BCUT2D eigenvalue weighted by Crippen LogP contribution is 2.09. The number of rotatable bonds is 6. The lowest BCUT2D eigenvalue weighted by atomic mass is 10.1. The number of anilines is 1. The summed E-state index contributed by atoms with van der Waals surface area (Å²) < 4.78 is 10.1. The monoisotopic (exact) mass is 263 g/mol. The summed E-state index contributed by atoms with van der Waals surface area (Å²) in [5.41, 5.74) is 1.17. The van der Waals surface area contributed by atoms with Crippen LogP contribution in [0.3, 0.4) is 0 Å². The Labute approximate surface area is 109 Å². The lowest BCUT2D eigenvalue weighted by Crippen LogP contribution is -2.01. The van der Waals surface area contributed by atoms with E-state index < -0.39 is 5.97 Å². The van der Waals surface area contributed by atoms with E-state index in [1.165, 1.54) is 0 Å². The fourth-order valence-corrected chi connectivity index (χ4v) is 1.45. The van der Waals surface area contributed by atoms with Crippen molar-refractivity contribution in [2.45, 2.75) is 13.2 Å². The van der Waals surface area contributed by atoms with Crippen LogP contribution in [0.5, 0.6) is 0 Å². The fraction of sp³-hybridized carbons (Fsp3) is 0.250. The average Bonchev–Trinajstić information content (AvgIpc) is 2.85. The first-order valence-corrected chi connectivity index (χ1v) is 5.56. The molecule has 2 aromatic rings. The van der Waals surface area contributed by atoms with Crippen LogP contribution in [0.15, 0.2) is 28.7 Å². The number of carbonyl (C=O) groups is 1. The van der Waals surface area contributed by atoms with E-state index in [0.29, 0.717) is 18.5 Å². The summed E-state index contributed by atoms with van der Waals surface area (Å²) in [7, 11) is 1.54. The Morgan fingerprint density at radius 2 is 2.11 bits per heavy atom. The highest BCUT2D eigenvalue weighted by Gasteiger charge is 2.05. The van der Waals surface area contributed by atoms with Crippen LogP contribution in [0, 0.1) is 0 Å². The predicted molar refractivity (Wildman–Crippen MR) is 65.7 cm³/mol. The molecule has 7 heteroatoms. The maximum atomic E-state index is 10.7. The number of carboxylic acids is 1. The van der Waals surface area contributed by atoms with Gasteiger partial charge in [0.1, 0.15) is 6.61 Å². The third-order valence-corrected chi connectivity index (χ3v) is 2.38. The standard InChI is InChI=1S/C12H13N3O4/c1-18-7-10-14-15-12(19-10)13-6-8-2-4-9(5-3-8)11(16)17/h2-5H,6-7H2,1H3,(H,13,15)(H,16,17). The highest BCUT2D eigenvalue weighted by atomic mass is 16.5. The summed E-state index contributed by atoms with van der Waals surface area (Å²) in [4.78, 5) is 10.7. The Balaban J connectivity index is 1.92. The van der Waals surface area contributed by atoms with Gasteiger partial charge >= 0.3 is 12.0 Å². The van der Waals surface area contributed by atoms with E-state index in [-0.39, 0.29) is 12.2 Å². The molecule has 7 nitrogen and oxygen atoms in total. The molecule has 19 heavy (non-hydrogen) atoms. The molecule has 0 spiro atoms. The van der Waals surface area contributed by atoms with Gasteiger partial charge in [0.25, 0.3) is 0 Å².